The third-order valence-electron chi connectivity index (χ3n) is 3.14. The SMILES string of the molecule is CCCNc1nc2cc(OC)ccc2cc1CSCCO. The fraction of sp³-hybridized carbons (Fsp3) is 0.438. The molecule has 0 atom stereocenters. The molecule has 21 heavy (non-hydrogen) atoms. The highest BCUT2D eigenvalue weighted by molar-refractivity contribution is 7.98. The lowest BCUT2D eigenvalue weighted by molar-refractivity contribution is 0.322. The number of ether oxygens (including phenoxy) is 1. The summed E-state index contributed by atoms with van der Waals surface area (Å²) < 4.78 is 5.26. The average molecular weight is 306 g/mol. The molecule has 0 unspecified atom stereocenters. The first-order valence-electron chi connectivity index (χ1n) is 7.18. The number of aliphatic hydroxyl groups is 1. The lowest BCUT2D eigenvalue weighted by atomic mass is 10.1. The fourth-order valence-corrected chi connectivity index (χ4v) is 2.78. The molecule has 0 saturated heterocycles. The number of fused-ring (bicyclic) bond motifs is 1. The smallest absolute Gasteiger partial charge is 0.130 e. The molecule has 5 heteroatoms. The van der Waals surface area contributed by atoms with Crippen LogP contribution in [0, 0.1) is 0 Å². The summed E-state index contributed by atoms with van der Waals surface area (Å²) in [7, 11) is 1.66. The van der Waals surface area contributed by atoms with E-state index in [9.17, 15) is 0 Å². The largest absolute Gasteiger partial charge is 0.497 e. The number of thioether (sulfide) groups is 1. The molecule has 0 amide bonds. The number of anilines is 1. The van der Waals surface area contributed by atoms with Gasteiger partial charge in [-0.05, 0) is 24.6 Å². The van der Waals surface area contributed by atoms with Crippen LogP contribution in [0.1, 0.15) is 18.9 Å². The molecule has 2 N–H and O–H groups in total. The molecule has 0 bridgehead atoms. The Balaban J connectivity index is 2.33. The summed E-state index contributed by atoms with van der Waals surface area (Å²) in [6.45, 7) is 3.25. The van der Waals surface area contributed by atoms with Crippen molar-refractivity contribution in [1.29, 1.82) is 0 Å². The Labute approximate surface area is 129 Å². The van der Waals surface area contributed by atoms with Gasteiger partial charge in [0.1, 0.15) is 11.6 Å². The zero-order valence-corrected chi connectivity index (χ0v) is 13.4. The van der Waals surface area contributed by atoms with Gasteiger partial charge >= 0.3 is 0 Å². The maximum Gasteiger partial charge on any atom is 0.130 e. The van der Waals surface area contributed by atoms with Crippen molar-refractivity contribution in [1.82, 2.24) is 4.98 Å². The number of pyridine rings is 1. The molecular weight excluding hydrogens is 284 g/mol. The van der Waals surface area contributed by atoms with Gasteiger partial charge in [-0.15, -0.1) is 0 Å². The van der Waals surface area contributed by atoms with Gasteiger partial charge in [-0.1, -0.05) is 6.92 Å². The second kappa shape index (κ2) is 8.10. The highest BCUT2D eigenvalue weighted by Gasteiger charge is 2.08. The van der Waals surface area contributed by atoms with Gasteiger partial charge in [-0.25, -0.2) is 4.98 Å². The Kier molecular flexibility index (Phi) is 6.14. The monoisotopic (exact) mass is 306 g/mol. The lowest BCUT2D eigenvalue weighted by Crippen LogP contribution is -2.05. The molecule has 1 heterocycles. The van der Waals surface area contributed by atoms with Crippen LogP contribution in [-0.2, 0) is 5.75 Å². The molecule has 0 aliphatic heterocycles. The van der Waals surface area contributed by atoms with Gasteiger partial charge in [0.2, 0.25) is 0 Å². The van der Waals surface area contributed by atoms with Crippen molar-refractivity contribution < 1.29 is 9.84 Å². The van der Waals surface area contributed by atoms with Crippen molar-refractivity contribution in [2.45, 2.75) is 19.1 Å². The standard InChI is InChI=1S/C16H22N2O2S/c1-3-6-17-16-13(11-21-8-7-19)9-12-4-5-14(20-2)10-15(12)18-16/h4-5,9-10,19H,3,6-8,11H2,1-2H3,(H,17,18). The van der Waals surface area contributed by atoms with E-state index in [0.29, 0.717) is 0 Å². The van der Waals surface area contributed by atoms with Gasteiger partial charge in [0, 0.05) is 35.1 Å². The maximum absolute atomic E-state index is 8.92. The zero-order valence-electron chi connectivity index (χ0n) is 12.6. The van der Waals surface area contributed by atoms with Gasteiger partial charge in [-0.3, -0.25) is 0 Å². The second-order valence-corrected chi connectivity index (χ2v) is 5.86. The van der Waals surface area contributed by atoms with E-state index in [0.717, 1.165) is 46.9 Å². The summed E-state index contributed by atoms with van der Waals surface area (Å²) >= 11 is 1.72. The number of aliphatic hydroxyl groups excluding tert-OH is 1. The third kappa shape index (κ3) is 4.25. The highest BCUT2D eigenvalue weighted by Crippen LogP contribution is 2.26. The molecule has 0 aliphatic rings. The number of benzene rings is 1. The Morgan fingerprint density at radius 1 is 1.33 bits per heavy atom. The summed E-state index contributed by atoms with van der Waals surface area (Å²) in [5.41, 5.74) is 2.11. The van der Waals surface area contributed by atoms with E-state index in [-0.39, 0.29) is 6.61 Å². The van der Waals surface area contributed by atoms with E-state index in [1.807, 2.05) is 18.2 Å². The first-order valence-corrected chi connectivity index (χ1v) is 8.34. The lowest BCUT2D eigenvalue weighted by Gasteiger charge is -2.12. The molecule has 2 aromatic rings. The number of hydrogen-bond acceptors (Lipinski definition) is 5. The summed E-state index contributed by atoms with van der Waals surface area (Å²) in [4.78, 5) is 4.73. The molecule has 0 radical (unpaired) electrons. The predicted octanol–water partition coefficient (Wildman–Crippen LogP) is 3.29. The predicted molar refractivity (Wildman–Crippen MR) is 90.3 cm³/mol. The van der Waals surface area contributed by atoms with Gasteiger partial charge < -0.3 is 15.2 Å². The van der Waals surface area contributed by atoms with Crippen molar-refractivity contribution in [3.05, 3.63) is 29.8 Å². The molecule has 114 valence electrons. The zero-order chi connectivity index (χ0) is 15.1. The van der Waals surface area contributed by atoms with Crippen molar-refractivity contribution in [3.8, 4) is 5.75 Å². The van der Waals surface area contributed by atoms with Crippen LogP contribution < -0.4 is 10.1 Å². The molecule has 1 aromatic heterocycles. The Morgan fingerprint density at radius 2 is 2.19 bits per heavy atom. The molecule has 0 spiro atoms. The van der Waals surface area contributed by atoms with Gasteiger partial charge in [0.05, 0.1) is 19.2 Å². The minimum Gasteiger partial charge on any atom is -0.497 e. The van der Waals surface area contributed by atoms with E-state index in [2.05, 4.69) is 18.3 Å². The number of nitrogens with zero attached hydrogens (tertiary/aromatic N) is 1. The number of nitrogens with one attached hydrogen (secondary N) is 1. The quantitative estimate of drug-likeness (QED) is 0.733. The molecule has 0 aliphatic carbocycles. The normalized spacial score (nSPS) is 10.8. The van der Waals surface area contributed by atoms with Crippen molar-refractivity contribution >= 4 is 28.5 Å². The fourth-order valence-electron chi connectivity index (χ4n) is 2.07. The topological polar surface area (TPSA) is 54.4 Å². The van der Waals surface area contributed by atoms with E-state index in [1.54, 1.807) is 18.9 Å². The van der Waals surface area contributed by atoms with E-state index in [1.165, 1.54) is 5.56 Å². The summed E-state index contributed by atoms with van der Waals surface area (Å²) in [5, 5.41) is 13.4. The molecule has 1 aromatic carbocycles. The van der Waals surface area contributed by atoms with Crippen LogP contribution in [-0.4, -0.2) is 36.1 Å². The number of methoxy groups -OCH3 is 1. The van der Waals surface area contributed by atoms with Crippen molar-refractivity contribution in [3.63, 3.8) is 0 Å². The minimum absolute atomic E-state index is 0.209. The molecule has 2 rings (SSSR count). The summed E-state index contributed by atoms with van der Waals surface area (Å²) in [5.74, 6) is 3.34. The van der Waals surface area contributed by atoms with Crippen LogP contribution in [0.15, 0.2) is 24.3 Å². The number of hydrogen-bond donors (Lipinski definition) is 2. The van der Waals surface area contributed by atoms with Gasteiger partial charge in [0.25, 0.3) is 0 Å². The van der Waals surface area contributed by atoms with Crippen molar-refractivity contribution in [2.75, 3.05) is 31.3 Å². The average Bonchev–Trinajstić information content (AvgIpc) is 2.52. The third-order valence-corrected chi connectivity index (χ3v) is 4.13. The van der Waals surface area contributed by atoms with Crippen LogP contribution in [0.3, 0.4) is 0 Å². The minimum atomic E-state index is 0.209. The van der Waals surface area contributed by atoms with E-state index in [4.69, 9.17) is 14.8 Å². The number of rotatable bonds is 8. The van der Waals surface area contributed by atoms with E-state index < -0.39 is 0 Å². The molecular formula is C16H22N2O2S. The van der Waals surface area contributed by atoms with Crippen LogP contribution in [0.25, 0.3) is 10.9 Å². The molecule has 0 saturated carbocycles. The van der Waals surface area contributed by atoms with Crippen LogP contribution in [0.2, 0.25) is 0 Å². The van der Waals surface area contributed by atoms with Gasteiger partial charge in [-0.2, -0.15) is 11.8 Å². The van der Waals surface area contributed by atoms with Crippen LogP contribution >= 0.6 is 11.8 Å². The summed E-state index contributed by atoms with van der Waals surface area (Å²) in [6, 6.07) is 8.11. The van der Waals surface area contributed by atoms with E-state index >= 15 is 0 Å². The first kappa shape index (κ1) is 15.9. The second-order valence-electron chi connectivity index (χ2n) is 4.76. The molecule has 0 fully saturated rings. The van der Waals surface area contributed by atoms with Crippen LogP contribution in [0.4, 0.5) is 5.82 Å². The van der Waals surface area contributed by atoms with Crippen LogP contribution in [0.5, 0.6) is 5.75 Å². The Bertz CT molecular complexity index is 590. The Hall–Kier alpha value is -1.46. The maximum atomic E-state index is 8.92. The van der Waals surface area contributed by atoms with Gasteiger partial charge in [0.15, 0.2) is 0 Å². The Morgan fingerprint density at radius 3 is 2.90 bits per heavy atom. The highest BCUT2D eigenvalue weighted by atomic mass is 32.2. The van der Waals surface area contributed by atoms with Crippen molar-refractivity contribution in [2.24, 2.45) is 0 Å². The summed E-state index contributed by atoms with van der Waals surface area (Å²) in [6.07, 6.45) is 1.06. The first-order chi connectivity index (χ1) is 10.3. The number of aromatic nitrogens is 1. The molecule has 4 nitrogen and oxygen atoms in total.